The Kier molecular flexibility index (Phi) is 3.04. The third-order valence-corrected chi connectivity index (χ3v) is 1.50. The first-order chi connectivity index (χ1) is 6.27. The molecule has 1 N–H and O–H groups in total. The number of carbonyl (C=O) groups is 1. The highest BCUT2D eigenvalue weighted by Gasteiger charge is 2.03. The Balaban J connectivity index is 2.81. The third kappa shape index (κ3) is 2.31. The Bertz CT molecular complexity index is 335. The van der Waals surface area contributed by atoms with Crippen LogP contribution in [0.2, 0.25) is 0 Å². The number of aromatic nitrogens is 1. The van der Waals surface area contributed by atoms with Crippen molar-refractivity contribution in [3.8, 4) is 12.3 Å². The molecule has 1 amide bonds. The minimum atomic E-state index is -0.175. The van der Waals surface area contributed by atoms with Gasteiger partial charge in [0.05, 0.1) is 0 Å². The van der Waals surface area contributed by atoms with Crippen molar-refractivity contribution in [2.45, 2.75) is 6.92 Å². The van der Waals surface area contributed by atoms with Crippen molar-refractivity contribution in [3.63, 3.8) is 0 Å². The molecule has 3 heteroatoms. The summed E-state index contributed by atoms with van der Waals surface area (Å²) in [6.07, 6.45) is 6.65. The maximum Gasteiger partial charge on any atom is 0.269 e. The van der Waals surface area contributed by atoms with Gasteiger partial charge < -0.3 is 5.32 Å². The molecule has 3 nitrogen and oxygen atoms in total. The predicted molar refractivity (Wildman–Crippen MR) is 50.2 cm³/mol. The van der Waals surface area contributed by atoms with Gasteiger partial charge in [0.2, 0.25) is 0 Å². The van der Waals surface area contributed by atoms with E-state index in [1.807, 2.05) is 6.92 Å². The summed E-state index contributed by atoms with van der Waals surface area (Å²) in [6, 6.07) is 3.30. The number of terminal acetylenes is 1. The van der Waals surface area contributed by atoms with E-state index in [1.54, 1.807) is 12.1 Å². The monoisotopic (exact) mass is 174 g/mol. The van der Waals surface area contributed by atoms with Crippen LogP contribution in [0, 0.1) is 12.3 Å². The smallest absolute Gasteiger partial charge is 0.269 e. The molecule has 0 saturated carbocycles. The van der Waals surface area contributed by atoms with E-state index in [0.29, 0.717) is 17.8 Å². The molecule has 0 atom stereocenters. The minimum absolute atomic E-state index is 0.175. The molecule has 0 aliphatic rings. The molecule has 0 aliphatic carbocycles. The Morgan fingerprint density at radius 1 is 1.69 bits per heavy atom. The van der Waals surface area contributed by atoms with E-state index < -0.39 is 0 Å². The van der Waals surface area contributed by atoms with Crippen LogP contribution < -0.4 is 5.32 Å². The molecule has 0 radical (unpaired) electrons. The average Bonchev–Trinajstić information content (AvgIpc) is 2.18. The van der Waals surface area contributed by atoms with Crippen LogP contribution in [-0.2, 0) is 0 Å². The molecule has 1 aromatic rings. The molecule has 0 aromatic carbocycles. The van der Waals surface area contributed by atoms with Gasteiger partial charge >= 0.3 is 0 Å². The zero-order valence-corrected chi connectivity index (χ0v) is 7.37. The minimum Gasteiger partial charge on any atom is -0.351 e. The molecule has 0 fully saturated rings. The molecular formula is C10H10N2O. The van der Waals surface area contributed by atoms with Crippen LogP contribution in [0.4, 0.5) is 0 Å². The first-order valence-corrected chi connectivity index (χ1v) is 3.98. The maximum atomic E-state index is 11.2. The van der Waals surface area contributed by atoms with Gasteiger partial charge in [-0.1, -0.05) is 5.92 Å². The topological polar surface area (TPSA) is 42.0 Å². The lowest BCUT2D eigenvalue weighted by molar-refractivity contribution is 0.0951. The molecule has 13 heavy (non-hydrogen) atoms. The van der Waals surface area contributed by atoms with Gasteiger partial charge in [0.15, 0.2) is 0 Å². The van der Waals surface area contributed by atoms with Crippen molar-refractivity contribution in [1.29, 1.82) is 0 Å². The summed E-state index contributed by atoms with van der Waals surface area (Å²) >= 11 is 0. The van der Waals surface area contributed by atoms with Crippen LogP contribution in [0.1, 0.15) is 23.0 Å². The van der Waals surface area contributed by atoms with Gasteiger partial charge in [-0.25, -0.2) is 4.98 Å². The number of hydrogen-bond donors (Lipinski definition) is 1. The molecule has 0 unspecified atom stereocenters. The van der Waals surface area contributed by atoms with Gasteiger partial charge in [-0.3, -0.25) is 4.79 Å². The van der Waals surface area contributed by atoms with Crippen LogP contribution in [0.25, 0.3) is 0 Å². The zero-order valence-electron chi connectivity index (χ0n) is 7.37. The number of hydrogen-bond acceptors (Lipinski definition) is 2. The first-order valence-electron chi connectivity index (χ1n) is 3.98. The number of nitrogens with zero attached hydrogens (tertiary/aromatic N) is 1. The van der Waals surface area contributed by atoms with Crippen LogP contribution >= 0.6 is 0 Å². The summed E-state index contributed by atoms with van der Waals surface area (Å²) in [5.41, 5.74) is 1.06. The Morgan fingerprint density at radius 3 is 2.92 bits per heavy atom. The third-order valence-electron chi connectivity index (χ3n) is 1.50. The quantitative estimate of drug-likeness (QED) is 0.674. The highest BCUT2D eigenvalue weighted by Crippen LogP contribution is 1.98. The average molecular weight is 174 g/mol. The van der Waals surface area contributed by atoms with Gasteiger partial charge in [0.25, 0.3) is 5.91 Å². The van der Waals surface area contributed by atoms with Crippen molar-refractivity contribution in [2.75, 3.05) is 6.54 Å². The van der Waals surface area contributed by atoms with E-state index in [2.05, 4.69) is 16.2 Å². The van der Waals surface area contributed by atoms with Crippen molar-refractivity contribution in [3.05, 3.63) is 29.6 Å². The van der Waals surface area contributed by atoms with E-state index in [9.17, 15) is 4.79 Å². The van der Waals surface area contributed by atoms with Crippen molar-refractivity contribution < 1.29 is 4.79 Å². The second kappa shape index (κ2) is 4.27. The van der Waals surface area contributed by atoms with Gasteiger partial charge in [-0.15, -0.1) is 6.42 Å². The summed E-state index contributed by atoms with van der Waals surface area (Å²) in [5.74, 6) is 2.26. The summed E-state index contributed by atoms with van der Waals surface area (Å²) in [6.45, 7) is 2.45. The van der Waals surface area contributed by atoms with Crippen molar-refractivity contribution in [2.24, 2.45) is 0 Å². The normalized spacial score (nSPS) is 8.92. The van der Waals surface area contributed by atoms with Crippen molar-refractivity contribution >= 4 is 5.91 Å². The first kappa shape index (κ1) is 9.27. The fourth-order valence-corrected chi connectivity index (χ4v) is 0.865. The molecule has 0 spiro atoms. The van der Waals surface area contributed by atoms with Crippen LogP contribution in [0.3, 0.4) is 0 Å². The standard InChI is InChI=1S/C10H10N2O/c1-3-8-5-6-9(12-7-8)10(13)11-4-2/h1,5-7H,4H2,2H3,(H,11,13). The lowest BCUT2D eigenvalue weighted by atomic mass is 10.2. The Hall–Kier alpha value is -1.82. The molecule has 1 rings (SSSR count). The summed E-state index contributed by atoms with van der Waals surface area (Å²) in [7, 11) is 0. The van der Waals surface area contributed by atoms with Gasteiger partial charge in [-0.2, -0.15) is 0 Å². The van der Waals surface area contributed by atoms with Gasteiger partial charge in [0, 0.05) is 18.3 Å². The van der Waals surface area contributed by atoms with E-state index in [4.69, 9.17) is 6.42 Å². The number of nitrogens with one attached hydrogen (secondary N) is 1. The predicted octanol–water partition coefficient (Wildman–Crippen LogP) is 0.813. The van der Waals surface area contributed by atoms with Crippen LogP contribution in [0.15, 0.2) is 18.3 Å². The summed E-state index contributed by atoms with van der Waals surface area (Å²) in [5, 5.41) is 2.65. The van der Waals surface area contributed by atoms with Crippen molar-refractivity contribution in [1.82, 2.24) is 10.3 Å². The SMILES string of the molecule is C#Cc1ccc(C(=O)NCC)nc1. The molecule has 0 aliphatic heterocycles. The fraction of sp³-hybridized carbons (Fsp3) is 0.200. The lowest BCUT2D eigenvalue weighted by Gasteiger charge is -2.00. The van der Waals surface area contributed by atoms with E-state index in [-0.39, 0.29) is 5.91 Å². The van der Waals surface area contributed by atoms with Crippen LogP contribution in [-0.4, -0.2) is 17.4 Å². The number of carbonyl (C=O) groups excluding carboxylic acids is 1. The second-order valence-corrected chi connectivity index (χ2v) is 2.44. The second-order valence-electron chi connectivity index (χ2n) is 2.44. The molecule has 66 valence electrons. The lowest BCUT2D eigenvalue weighted by Crippen LogP contribution is -2.23. The van der Waals surface area contributed by atoms with E-state index in [1.165, 1.54) is 6.20 Å². The van der Waals surface area contributed by atoms with E-state index in [0.717, 1.165) is 0 Å². The van der Waals surface area contributed by atoms with Crippen LogP contribution in [0.5, 0.6) is 0 Å². The molecule has 1 aromatic heterocycles. The van der Waals surface area contributed by atoms with Gasteiger partial charge in [-0.05, 0) is 19.1 Å². The Morgan fingerprint density at radius 2 is 2.46 bits per heavy atom. The van der Waals surface area contributed by atoms with E-state index >= 15 is 0 Å². The molecule has 0 saturated heterocycles. The van der Waals surface area contributed by atoms with Gasteiger partial charge in [0.1, 0.15) is 5.69 Å². The maximum absolute atomic E-state index is 11.2. The fourth-order valence-electron chi connectivity index (χ4n) is 0.865. The highest BCUT2D eigenvalue weighted by molar-refractivity contribution is 5.92. The molecule has 0 bridgehead atoms. The molecular weight excluding hydrogens is 164 g/mol. The molecule has 1 heterocycles. The number of amides is 1. The largest absolute Gasteiger partial charge is 0.351 e. The number of rotatable bonds is 2. The number of pyridine rings is 1. The summed E-state index contributed by atoms with van der Waals surface area (Å²) in [4.78, 5) is 15.1. The summed E-state index contributed by atoms with van der Waals surface area (Å²) < 4.78 is 0. The zero-order chi connectivity index (χ0) is 9.68. The highest BCUT2D eigenvalue weighted by atomic mass is 16.1. The Labute approximate surface area is 77.2 Å².